The zero-order chi connectivity index (χ0) is 13.9. The summed E-state index contributed by atoms with van der Waals surface area (Å²) in [7, 11) is 1.63. The van der Waals surface area contributed by atoms with E-state index in [-0.39, 0.29) is 24.6 Å². The lowest BCUT2D eigenvalue weighted by atomic mass is 10.1. The highest BCUT2D eigenvalue weighted by atomic mass is 35.5. The number of hydrogen-bond acceptors (Lipinski definition) is 3. The summed E-state index contributed by atoms with van der Waals surface area (Å²) in [5.41, 5.74) is -0.273. The lowest BCUT2D eigenvalue weighted by Crippen LogP contribution is -2.40. The van der Waals surface area contributed by atoms with Crippen LogP contribution in [0.5, 0.6) is 5.75 Å². The lowest BCUT2D eigenvalue weighted by molar-refractivity contribution is -0.131. The highest BCUT2D eigenvalue weighted by molar-refractivity contribution is 6.31. The molecule has 1 rings (SSSR count). The topological polar surface area (TPSA) is 60.8 Å². The fraction of sp³-hybridized carbons (Fsp3) is 0.462. The molecule has 0 unspecified atom stereocenters. The zero-order valence-electron chi connectivity index (χ0n) is 10.8. The Bertz CT molecular complexity index is 440. The first kappa shape index (κ1) is 14.8. The van der Waals surface area contributed by atoms with E-state index >= 15 is 0 Å². The normalized spacial score (nSPS) is 11.4. The van der Waals surface area contributed by atoms with Crippen molar-refractivity contribution in [1.29, 1.82) is 0 Å². The fourth-order valence-corrected chi connectivity index (χ4v) is 1.89. The number of nitrogens with zero attached hydrogens (tertiary/aromatic N) is 1. The molecule has 0 spiro atoms. The summed E-state index contributed by atoms with van der Waals surface area (Å²) in [6, 6.07) is 4.51. The van der Waals surface area contributed by atoms with Gasteiger partial charge >= 0.3 is 0 Å². The van der Waals surface area contributed by atoms with E-state index in [2.05, 4.69) is 0 Å². The molecular weight excluding hydrogens is 254 g/mol. The van der Waals surface area contributed by atoms with Gasteiger partial charge in [0, 0.05) is 18.6 Å². The number of aromatic hydroxyl groups is 1. The Balaban J connectivity index is 2.70. The van der Waals surface area contributed by atoms with E-state index in [0.717, 1.165) is 0 Å². The molecule has 0 fully saturated rings. The van der Waals surface area contributed by atoms with Crippen molar-refractivity contribution in [2.24, 2.45) is 0 Å². The van der Waals surface area contributed by atoms with Crippen LogP contribution in [0.25, 0.3) is 0 Å². The van der Waals surface area contributed by atoms with Gasteiger partial charge in [0.1, 0.15) is 5.75 Å². The van der Waals surface area contributed by atoms with Gasteiger partial charge in [-0.2, -0.15) is 0 Å². The van der Waals surface area contributed by atoms with Crippen LogP contribution >= 0.6 is 11.6 Å². The zero-order valence-corrected chi connectivity index (χ0v) is 11.5. The van der Waals surface area contributed by atoms with Crippen LogP contribution in [0.15, 0.2) is 18.2 Å². The number of phenolic OH excluding ortho intramolecular Hbond substituents is 1. The summed E-state index contributed by atoms with van der Waals surface area (Å²) >= 11 is 5.93. The molecule has 0 aromatic heterocycles. The molecule has 0 radical (unpaired) electrons. The smallest absolute Gasteiger partial charge is 0.226 e. The number of likely N-dealkylation sites (N-methyl/N-ethyl adjacent to an activating group) is 1. The van der Waals surface area contributed by atoms with Crippen molar-refractivity contribution in [3.05, 3.63) is 28.8 Å². The van der Waals surface area contributed by atoms with Gasteiger partial charge in [-0.15, -0.1) is 0 Å². The highest BCUT2D eigenvalue weighted by Gasteiger charge is 2.20. The molecule has 1 amide bonds. The average Bonchev–Trinajstić information content (AvgIpc) is 2.19. The number of amides is 1. The van der Waals surface area contributed by atoms with Crippen LogP contribution in [0.1, 0.15) is 19.4 Å². The molecule has 4 nitrogen and oxygen atoms in total. The van der Waals surface area contributed by atoms with Crippen molar-refractivity contribution in [2.45, 2.75) is 25.9 Å². The number of aliphatic hydroxyl groups is 1. The van der Waals surface area contributed by atoms with E-state index in [1.165, 1.54) is 17.0 Å². The summed E-state index contributed by atoms with van der Waals surface area (Å²) < 4.78 is 0. The molecule has 5 heteroatoms. The number of phenols is 1. The minimum absolute atomic E-state index is 0.0704. The van der Waals surface area contributed by atoms with Crippen LogP contribution in [0, 0.1) is 0 Å². The SMILES string of the molecule is CN(CC(C)(C)O)C(=O)Cc1ccc(O)cc1Cl. The first-order valence-electron chi connectivity index (χ1n) is 5.63. The summed E-state index contributed by atoms with van der Waals surface area (Å²) in [6.45, 7) is 3.54. The Kier molecular flexibility index (Phi) is 4.59. The van der Waals surface area contributed by atoms with Gasteiger partial charge in [0.2, 0.25) is 5.91 Å². The van der Waals surface area contributed by atoms with Crippen LogP contribution in [-0.2, 0) is 11.2 Å². The predicted molar refractivity (Wildman–Crippen MR) is 70.8 cm³/mol. The molecule has 18 heavy (non-hydrogen) atoms. The summed E-state index contributed by atoms with van der Waals surface area (Å²) in [4.78, 5) is 13.4. The summed E-state index contributed by atoms with van der Waals surface area (Å²) in [6.07, 6.45) is 0.145. The third-order valence-corrected chi connectivity index (χ3v) is 2.78. The Labute approximate surface area is 112 Å². The molecule has 0 atom stereocenters. The highest BCUT2D eigenvalue weighted by Crippen LogP contribution is 2.22. The predicted octanol–water partition coefficient (Wildman–Crippen LogP) is 1.82. The van der Waals surface area contributed by atoms with Crippen molar-refractivity contribution in [1.82, 2.24) is 4.90 Å². The minimum Gasteiger partial charge on any atom is -0.508 e. The largest absolute Gasteiger partial charge is 0.508 e. The van der Waals surface area contributed by atoms with E-state index in [0.29, 0.717) is 10.6 Å². The van der Waals surface area contributed by atoms with Crippen molar-refractivity contribution >= 4 is 17.5 Å². The molecule has 0 aliphatic rings. The lowest BCUT2D eigenvalue weighted by Gasteiger charge is -2.25. The molecule has 0 heterocycles. The number of carbonyl (C=O) groups excluding carboxylic acids is 1. The fourth-order valence-electron chi connectivity index (χ4n) is 1.65. The molecule has 0 aliphatic carbocycles. The third-order valence-electron chi connectivity index (χ3n) is 2.43. The summed E-state index contributed by atoms with van der Waals surface area (Å²) in [5.74, 6) is -0.0641. The molecule has 0 saturated carbocycles. The van der Waals surface area contributed by atoms with Gasteiger partial charge in [0.15, 0.2) is 0 Å². The van der Waals surface area contributed by atoms with Crippen molar-refractivity contribution < 1.29 is 15.0 Å². The van der Waals surface area contributed by atoms with Gasteiger partial charge in [-0.1, -0.05) is 17.7 Å². The maximum absolute atomic E-state index is 11.9. The van der Waals surface area contributed by atoms with Gasteiger partial charge in [0.25, 0.3) is 0 Å². The van der Waals surface area contributed by atoms with E-state index in [1.807, 2.05) is 0 Å². The molecule has 1 aromatic carbocycles. The number of halogens is 1. The third kappa shape index (κ3) is 4.55. The standard InChI is InChI=1S/C13H18ClNO3/c1-13(2,18)8-15(3)12(17)6-9-4-5-10(16)7-11(9)14/h4-5,7,16,18H,6,8H2,1-3H3. The Morgan fingerprint density at radius 2 is 2.06 bits per heavy atom. The monoisotopic (exact) mass is 271 g/mol. The summed E-state index contributed by atoms with van der Waals surface area (Å²) in [5, 5.41) is 19.2. The first-order chi connectivity index (χ1) is 8.19. The van der Waals surface area contributed by atoms with Gasteiger partial charge in [0.05, 0.1) is 12.0 Å². The molecule has 0 bridgehead atoms. The molecule has 0 aliphatic heterocycles. The van der Waals surface area contributed by atoms with Crippen LogP contribution in [0.3, 0.4) is 0 Å². The van der Waals surface area contributed by atoms with Crippen LogP contribution in [0.2, 0.25) is 5.02 Å². The minimum atomic E-state index is -0.927. The number of carbonyl (C=O) groups is 1. The molecule has 1 aromatic rings. The number of rotatable bonds is 4. The molecular formula is C13H18ClNO3. The van der Waals surface area contributed by atoms with Gasteiger partial charge in [-0.3, -0.25) is 4.79 Å². The average molecular weight is 272 g/mol. The molecule has 100 valence electrons. The Morgan fingerprint density at radius 1 is 1.44 bits per heavy atom. The van der Waals surface area contributed by atoms with E-state index in [9.17, 15) is 15.0 Å². The second kappa shape index (κ2) is 5.59. The quantitative estimate of drug-likeness (QED) is 0.878. The van der Waals surface area contributed by atoms with Crippen molar-refractivity contribution in [3.63, 3.8) is 0 Å². The van der Waals surface area contributed by atoms with Gasteiger partial charge in [-0.05, 0) is 31.5 Å². The second-order valence-electron chi connectivity index (χ2n) is 5.01. The Hall–Kier alpha value is -1.26. The van der Waals surface area contributed by atoms with Gasteiger partial charge in [-0.25, -0.2) is 0 Å². The van der Waals surface area contributed by atoms with Crippen LogP contribution in [-0.4, -0.2) is 40.2 Å². The van der Waals surface area contributed by atoms with Crippen molar-refractivity contribution in [2.75, 3.05) is 13.6 Å². The number of hydrogen-bond donors (Lipinski definition) is 2. The van der Waals surface area contributed by atoms with Crippen LogP contribution in [0.4, 0.5) is 0 Å². The number of benzene rings is 1. The van der Waals surface area contributed by atoms with Crippen LogP contribution < -0.4 is 0 Å². The first-order valence-corrected chi connectivity index (χ1v) is 6.00. The maximum atomic E-state index is 11.9. The van der Waals surface area contributed by atoms with E-state index < -0.39 is 5.60 Å². The Morgan fingerprint density at radius 3 is 2.56 bits per heavy atom. The van der Waals surface area contributed by atoms with E-state index in [1.54, 1.807) is 27.0 Å². The van der Waals surface area contributed by atoms with E-state index in [4.69, 9.17) is 11.6 Å². The molecule has 2 N–H and O–H groups in total. The second-order valence-corrected chi connectivity index (χ2v) is 5.42. The van der Waals surface area contributed by atoms with Crippen molar-refractivity contribution in [3.8, 4) is 5.75 Å². The van der Waals surface area contributed by atoms with Gasteiger partial charge < -0.3 is 15.1 Å². The maximum Gasteiger partial charge on any atom is 0.226 e. The molecule has 0 saturated heterocycles.